The van der Waals surface area contributed by atoms with Gasteiger partial charge < -0.3 is 14.8 Å². The van der Waals surface area contributed by atoms with Crippen molar-refractivity contribution >= 4 is 44.6 Å². The summed E-state index contributed by atoms with van der Waals surface area (Å²) >= 11 is 6.44. The molecule has 9 nitrogen and oxygen atoms in total. The lowest BCUT2D eigenvalue weighted by atomic mass is 10.2. The molecule has 5 aromatic rings. The third-order valence-electron chi connectivity index (χ3n) is 7.31. The molecule has 13 heteroatoms. The van der Waals surface area contributed by atoms with Crippen molar-refractivity contribution in [1.29, 1.82) is 0 Å². The van der Waals surface area contributed by atoms with Gasteiger partial charge in [0.1, 0.15) is 11.6 Å². The molecule has 1 aliphatic heterocycles. The quantitative estimate of drug-likeness (QED) is 0.250. The van der Waals surface area contributed by atoms with E-state index in [9.17, 15) is 17.2 Å². The van der Waals surface area contributed by atoms with E-state index in [-0.39, 0.29) is 17.3 Å². The number of nitrogens with zero attached hydrogens (tertiary/aromatic N) is 6. The molecule has 0 amide bonds. The number of rotatable bonds is 8. The Morgan fingerprint density at radius 3 is 2.33 bits per heavy atom. The molecule has 3 aromatic carbocycles. The monoisotopic (exact) mass is 623 g/mol. The second-order valence-corrected chi connectivity index (χ2v) is 12.5. The molecular formula is C30H28ClF2N7O2S. The third-order valence-corrected chi connectivity index (χ3v) is 9.59. The molecule has 3 heterocycles. The van der Waals surface area contributed by atoms with E-state index < -0.39 is 15.8 Å². The van der Waals surface area contributed by atoms with Gasteiger partial charge in [0.2, 0.25) is 16.0 Å². The number of aromatic nitrogens is 4. The first kappa shape index (κ1) is 29.0. The van der Waals surface area contributed by atoms with E-state index in [1.165, 1.54) is 28.6 Å². The summed E-state index contributed by atoms with van der Waals surface area (Å²) in [5, 5.41) is 3.96. The van der Waals surface area contributed by atoms with Crippen LogP contribution in [-0.2, 0) is 23.1 Å². The predicted octanol–water partition coefficient (Wildman–Crippen LogP) is 5.32. The van der Waals surface area contributed by atoms with Crippen LogP contribution >= 0.6 is 11.6 Å². The third kappa shape index (κ3) is 6.31. The summed E-state index contributed by atoms with van der Waals surface area (Å²) in [4.78, 5) is 16.3. The van der Waals surface area contributed by atoms with E-state index in [2.05, 4.69) is 10.3 Å². The summed E-state index contributed by atoms with van der Waals surface area (Å²) in [5.74, 6) is 0.120. The van der Waals surface area contributed by atoms with E-state index in [1.54, 1.807) is 18.5 Å². The maximum Gasteiger partial charge on any atom is 0.243 e. The molecule has 0 unspecified atom stereocenters. The number of hydrogen-bond donors (Lipinski definition) is 1. The molecule has 0 saturated carbocycles. The number of anilines is 2. The minimum Gasteiger partial charge on any atom is -0.364 e. The zero-order valence-corrected chi connectivity index (χ0v) is 24.6. The van der Waals surface area contributed by atoms with Crippen LogP contribution in [-0.4, -0.2) is 58.4 Å². The van der Waals surface area contributed by atoms with Crippen LogP contribution in [0.15, 0.2) is 84.0 Å². The van der Waals surface area contributed by atoms with Gasteiger partial charge in [-0.1, -0.05) is 41.9 Å². The number of fused-ring (bicyclic) bond motifs is 1. The average molecular weight is 624 g/mol. The van der Waals surface area contributed by atoms with Gasteiger partial charge in [-0.15, -0.1) is 0 Å². The molecule has 43 heavy (non-hydrogen) atoms. The molecule has 1 fully saturated rings. The van der Waals surface area contributed by atoms with Gasteiger partial charge >= 0.3 is 0 Å². The molecule has 6 rings (SSSR count). The Labute approximate surface area is 252 Å². The zero-order chi connectivity index (χ0) is 30.0. The normalized spacial score (nSPS) is 14.6. The Hall–Kier alpha value is -4.13. The smallest absolute Gasteiger partial charge is 0.243 e. The zero-order valence-electron chi connectivity index (χ0n) is 23.0. The summed E-state index contributed by atoms with van der Waals surface area (Å²) in [5.41, 5.74) is 2.92. The number of sulfonamides is 1. The molecule has 0 bridgehead atoms. The Bertz CT molecular complexity index is 1850. The van der Waals surface area contributed by atoms with Gasteiger partial charge in [0, 0.05) is 37.7 Å². The van der Waals surface area contributed by atoms with Crippen molar-refractivity contribution < 1.29 is 17.2 Å². The number of benzene rings is 3. The lowest BCUT2D eigenvalue weighted by Crippen LogP contribution is -2.35. The highest BCUT2D eigenvalue weighted by Crippen LogP contribution is 2.27. The second-order valence-electron chi connectivity index (χ2n) is 10.2. The second kappa shape index (κ2) is 12.2. The van der Waals surface area contributed by atoms with Crippen molar-refractivity contribution in [3.05, 3.63) is 107 Å². The van der Waals surface area contributed by atoms with Crippen molar-refractivity contribution in [3.63, 3.8) is 0 Å². The topological polar surface area (TPSA) is 96.3 Å². The molecule has 0 aliphatic carbocycles. The molecule has 1 aliphatic rings. The van der Waals surface area contributed by atoms with E-state index in [0.717, 1.165) is 23.3 Å². The van der Waals surface area contributed by atoms with Crippen molar-refractivity contribution in [2.45, 2.75) is 24.4 Å². The summed E-state index contributed by atoms with van der Waals surface area (Å²) in [6.45, 7) is 2.20. The lowest BCUT2D eigenvalue weighted by molar-refractivity contribution is 0.433. The SMILES string of the molecule is O=S(=O)(c1ccc(F)cc1)N1CCCN(c2nc(NCc3ccc(F)cc3)c3ncn(Cc4ccccc4Cl)c3n2)CC1. The standard InChI is InChI=1S/C30H28ClF2N7O2S/c31-26-5-2-1-4-22(26)19-39-20-35-27-28(34-18-21-6-8-23(32)9-7-21)36-30(37-29(27)39)38-14-3-15-40(17-16-38)43(41,42)25-12-10-24(33)11-13-25/h1-2,4-13,20H,3,14-19H2,(H,34,36,37). The van der Waals surface area contributed by atoms with Crippen LogP contribution in [0.25, 0.3) is 11.2 Å². The molecular weight excluding hydrogens is 596 g/mol. The Morgan fingerprint density at radius 2 is 1.58 bits per heavy atom. The Morgan fingerprint density at radius 1 is 0.860 bits per heavy atom. The van der Waals surface area contributed by atoms with Crippen LogP contribution in [0, 0.1) is 11.6 Å². The largest absolute Gasteiger partial charge is 0.364 e. The first-order valence-electron chi connectivity index (χ1n) is 13.7. The minimum absolute atomic E-state index is 0.0516. The van der Waals surface area contributed by atoms with Gasteiger partial charge in [0.25, 0.3) is 0 Å². The van der Waals surface area contributed by atoms with Crippen LogP contribution in [0.2, 0.25) is 5.02 Å². The first-order valence-corrected chi connectivity index (χ1v) is 15.5. The van der Waals surface area contributed by atoms with Crippen molar-refractivity contribution in [1.82, 2.24) is 23.8 Å². The molecule has 2 aromatic heterocycles. The maximum atomic E-state index is 13.4. The van der Waals surface area contributed by atoms with Crippen molar-refractivity contribution in [2.24, 2.45) is 0 Å². The summed E-state index contributed by atoms with van der Waals surface area (Å²) < 4.78 is 56.7. The molecule has 0 atom stereocenters. The molecule has 0 spiro atoms. The number of hydrogen-bond acceptors (Lipinski definition) is 7. The van der Waals surface area contributed by atoms with Crippen LogP contribution in [0.5, 0.6) is 0 Å². The molecule has 222 valence electrons. The van der Waals surface area contributed by atoms with Gasteiger partial charge in [-0.05, 0) is 60.0 Å². The highest BCUT2D eigenvalue weighted by Gasteiger charge is 2.28. The summed E-state index contributed by atoms with van der Waals surface area (Å²) in [6.07, 6.45) is 2.23. The molecule has 1 saturated heterocycles. The van der Waals surface area contributed by atoms with Crippen LogP contribution in [0.3, 0.4) is 0 Å². The fourth-order valence-corrected chi connectivity index (χ4v) is 6.67. The number of halogens is 3. The maximum absolute atomic E-state index is 13.4. The summed E-state index contributed by atoms with van der Waals surface area (Å²) in [6, 6.07) is 18.6. The van der Waals surface area contributed by atoms with Crippen LogP contribution < -0.4 is 10.2 Å². The van der Waals surface area contributed by atoms with Gasteiger partial charge in [-0.25, -0.2) is 22.2 Å². The molecule has 1 N–H and O–H groups in total. The fourth-order valence-electron chi connectivity index (χ4n) is 5.00. The van der Waals surface area contributed by atoms with Gasteiger partial charge in [-0.3, -0.25) is 0 Å². The van der Waals surface area contributed by atoms with E-state index >= 15 is 0 Å². The van der Waals surface area contributed by atoms with Gasteiger partial charge in [-0.2, -0.15) is 14.3 Å². The fraction of sp³-hybridized carbons (Fsp3) is 0.233. The lowest BCUT2D eigenvalue weighted by Gasteiger charge is -2.22. The molecule has 0 radical (unpaired) electrons. The van der Waals surface area contributed by atoms with E-state index in [0.29, 0.717) is 67.1 Å². The van der Waals surface area contributed by atoms with E-state index in [4.69, 9.17) is 21.6 Å². The number of nitrogens with one attached hydrogen (secondary N) is 1. The first-order chi connectivity index (χ1) is 20.8. The Balaban J connectivity index is 1.31. The minimum atomic E-state index is -3.80. The average Bonchev–Trinajstić information content (AvgIpc) is 3.23. The van der Waals surface area contributed by atoms with Crippen molar-refractivity contribution in [3.8, 4) is 0 Å². The highest BCUT2D eigenvalue weighted by atomic mass is 35.5. The van der Waals surface area contributed by atoms with E-state index in [1.807, 2.05) is 33.7 Å². The van der Waals surface area contributed by atoms with Crippen LogP contribution in [0.1, 0.15) is 17.5 Å². The van der Waals surface area contributed by atoms with Crippen molar-refractivity contribution in [2.75, 3.05) is 36.4 Å². The van der Waals surface area contributed by atoms with Gasteiger partial charge in [0.15, 0.2) is 17.0 Å². The number of imidazole rings is 1. The predicted molar refractivity (Wildman–Crippen MR) is 162 cm³/mol. The Kier molecular flexibility index (Phi) is 8.24. The van der Waals surface area contributed by atoms with Crippen LogP contribution in [0.4, 0.5) is 20.5 Å². The summed E-state index contributed by atoms with van der Waals surface area (Å²) in [7, 11) is -3.80. The van der Waals surface area contributed by atoms with Gasteiger partial charge in [0.05, 0.1) is 17.8 Å². The highest BCUT2D eigenvalue weighted by molar-refractivity contribution is 7.89.